The Labute approximate surface area is 382 Å². The fourth-order valence-electron chi connectivity index (χ4n) is 10.3. The number of fused-ring (bicyclic) bond motifs is 10. The normalized spacial score (nSPS) is 11.6. The molecule has 0 aliphatic rings. The number of para-hydroxylation sites is 2. The first-order chi connectivity index (χ1) is 32.7. The number of hydrogen-bond acceptors (Lipinski definition) is 2. The fraction of sp³-hybridized carbons (Fsp3) is 0. The molecule has 0 aliphatic heterocycles. The van der Waals surface area contributed by atoms with Crippen molar-refractivity contribution in [3.63, 3.8) is 0 Å². The van der Waals surface area contributed by atoms with Crippen LogP contribution in [0.4, 0.5) is 17.1 Å². The molecule has 0 atom stereocenters. The molecule has 0 amide bonds. The maximum atomic E-state index is 6.95. The van der Waals surface area contributed by atoms with E-state index in [1.165, 1.54) is 59.8 Å². The van der Waals surface area contributed by atoms with Gasteiger partial charge in [0.05, 0.1) is 16.8 Å². The molecule has 0 aliphatic carbocycles. The molecule has 66 heavy (non-hydrogen) atoms. The topological polar surface area (TPSA) is 16.4 Å². The molecule has 0 unspecified atom stereocenters. The zero-order valence-electron chi connectivity index (χ0n) is 36.0. The predicted molar refractivity (Wildman–Crippen MR) is 280 cm³/mol. The van der Waals surface area contributed by atoms with Crippen LogP contribution >= 0.6 is 0 Å². The minimum Gasteiger partial charge on any atom is -0.455 e. The molecule has 0 radical (unpaired) electrons. The molecule has 0 spiro atoms. The van der Waals surface area contributed by atoms with Crippen LogP contribution in [-0.2, 0) is 0 Å². The molecule has 13 rings (SSSR count). The van der Waals surface area contributed by atoms with Crippen molar-refractivity contribution in [2.45, 2.75) is 0 Å². The predicted octanol–water partition coefficient (Wildman–Crippen LogP) is 18.3. The number of anilines is 3. The van der Waals surface area contributed by atoms with Crippen LogP contribution in [0.1, 0.15) is 0 Å². The first-order valence-electron chi connectivity index (χ1n) is 22.7. The molecule has 0 fully saturated rings. The van der Waals surface area contributed by atoms with E-state index in [0.717, 1.165) is 66.8 Å². The third-order valence-electron chi connectivity index (χ3n) is 13.4. The van der Waals surface area contributed by atoms with Crippen molar-refractivity contribution in [2.75, 3.05) is 4.90 Å². The molecule has 308 valence electrons. The fourth-order valence-corrected chi connectivity index (χ4v) is 10.3. The molecule has 0 saturated carbocycles. The van der Waals surface area contributed by atoms with Gasteiger partial charge in [0.1, 0.15) is 11.2 Å². The van der Waals surface area contributed by atoms with E-state index in [0.29, 0.717) is 0 Å². The van der Waals surface area contributed by atoms with Gasteiger partial charge < -0.3 is 9.32 Å². The number of rotatable bonds is 7. The summed E-state index contributed by atoms with van der Waals surface area (Å²) in [6, 6.07) is 90.2. The number of furan rings is 1. The summed E-state index contributed by atoms with van der Waals surface area (Å²) in [5.74, 6) is 0. The molecule has 12 aromatic carbocycles. The highest BCUT2D eigenvalue weighted by atomic mass is 16.3. The van der Waals surface area contributed by atoms with E-state index >= 15 is 0 Å². The summed E-state index contributed by atoms with van der Waals surface area (Å²) < 4.78 is 6.95. The molecular formula is C64H41NO. The van der Waals surface area contributed by atoms with Crippen molar-refractivity contribution in [3.05, 3.63) is 249 Å². The van der Waals surface area contributed by atoms with Crippen LogP contribution in [-0.4, -0.2) is 0 Å². The monoisotopic (exact) mass is 839 g/mol. The van der Waals surface area contributed by atoms with Crippen LogP contribution < -0.4 is 4.90 Å². The number of nitrogens with zero attached hydrogens (tertiary/aromatic N) is 1. The molecule has 0 saturated heterocycles. The molecular weight excluding hydrogens is 799 g/mol. The van der Waals surface area contributed by atoms with Crippen molar-refractivity contribution in [1.29, 1.82) is 0 Å². The Balaban J connectivity index is 1.04. The highest BCUT2D eigenvalue weighted by Gasteiger charge is 2.24. The molecule has 1 aromatic heterocycles. The lowest BCUT2D eigenvalue weighted by Gasteiger charge is -2.29. The van der Waals surface area contributed by atoms with E-state index in [9.17, 15) is 0 Å². The van der Waals surface area contributed by atoms with Crippen molar-refractivity contribution >= 4 is 82.1 Å². The van der Waals surface area contributed by atoms with Gasteiger partial charge in [-0.2, -0.15) is 0 Å². The lowest BCUT2D eigenvalue weighted by Crippen LogP contribution is -2.11. The minimum atomic E-state index is 0.859. The van der Waals surface area contributed by atoms with Crippen LogP contribution in [0.3, 0.4) is 0 Å². The maximum absolute atomic E-state index is 6.95. The lowest BCUT2D eigenvalue weighted by molar-refractivity contribution is 0.670. The standard InChI is InChI=1S/C64H41NO/c1-2-15-42(16-3-1)46-19-14-20-47(39-46)44-31-34-50(35-32-44)65(61-38-37-52(48-30-29-43-17-4-5-18-45(43)40-48)64-63(61)58-26-11-13-28-62(58)66-64)60-27-12-10-21-51(60)49-33-36-57-55-24-7-6-22-53(55)54-23-8-9-25-56(54)59(57)41-49/h1-41H. The van der Waals surface area contributed by atoms with Crippen LogP contribution in [0.5, 0.6) is 0 Å². The van der Waals surface area contributed by atoms with E-state index in [1.54, 1.807) is 0 Å². The Morgan fingerprint density at radius 3 is 1.58 bits per heavy atom. The zero-order chi connectivity index (χ0) is 43.6. The molecule has 2 nitrogen and oxygen atoms in total. The van der Waals surface area contributed by atoms with E-state index < -0.39 is 0 Å². The Kier molecular flexibility index (Phi) is 8.89. The summed E-state index contributed by atoms with van der Waals surface area (Å²) in [7, 11) is 0. The van der Waals surface area contributed by atoms with Gasteiger partial charge in [-0.3, -0.25) is 0 Å². The second kappa shape index (κ2) is 15.5. The molecule has 2 heteroatoms. The SMILES string of the molecule is c1ccc(-c2cccc(-c3ccc(N(c4ccccc4-c4ccc5c6ccccc6c6ccccc6c5c4)c4ccc(-c5ccc6ccccc6c5)c5oc6ccccc6c45)cc3)c2)cc1. The number of hydrogen-bond donors (Lipinski definition) is 0. The van der Waals surface area contributed by atoms with Gasteiger partial charge in [-0.25, -0.2) is 0 Å². The summed E-state index contributed by atoms with van der Waals surface area (Å²) in [5, 5.41) is 12.1. The Bertz CT molecular complexity index is 3960. The van der Waals surface area contributed by atoms with E-state index in [-0.39, 0.29) is 0 Å². The summed E-state index contributed by atoms with van der Waals surface area (Å²) >= 11 is 0. The Morgan fingerprint density at radius 2 is 0.818 bits per heavy atom. The van der Waals surface area contributed by atoms with Gasteiger partial charge in [0.15, 0.2) is 0 Å². The molecule has 13 aromatic rings. The van der Waals surface area contributed by atoms with E-state index in [1.807, 2.05) is 0 Å². The summed E-state index contributed by atoms with van der Waals surface area (Å²) in [6.45, 7) is 0. The van der Waals surface area contributed by atoms with Crippen molar-refractivity contribution in [3.8, 4) is 44.5 Å². The molecule has 1 heterocycles. The van der Waals surface area contributed by atoms with Gasteiger partial charge >= 0.3 is 0 Å². The first kappa shape index (κ1) is 37.8. The third kappa shape index (κ3) is 6.26. The average Bonchev–Trinajstić information content (AvgIpc) is 3.79. The van der Waals surface area contributed by atoms with Gasteiger partial charge in [-0.1, -0.05) is 194 Å². The van der Waals surface area contributed by atoms with Crippen molar-refractivity contribution in [2.24, 2.45) is 0 Å². The van der Waals surface area contributed by atoms with Gasteiger partial charge in [0.2, 0.25) is 0 Å². The van der Waals surface area contributed by atoms with Gasteiger partial charge in [-0.05, 0) is 131 Å². The van der Waals surface area contributed by atoms with Crippen LogP contribution in [0.25, 0.3) is 110 Å². The van der Waals surface area contributed by atoms with Gasteiger partial charge in [-0.15, -0.1) is 0 Å². The Morgan fingerprint density at radius 1 is 0.273 bits per heavy atom. The van der Waals surface area contributed by atoms with Crippen LogP contribution in [0, 0.1) is 0 Å². The van der Waals surface area contributed by atoms with Crippen LogP contribution in [0.15, 0.2) is 253 Å². The zero-order valence-corrected chi connectivity index (χ0v) is 36.0. The highest BCUT2D eigenvalue weighted by Crippen LogP contribution is 2.49. The van der Waals surface area contributed by atoms with Gasteiger partial charge in [0.25, 0.3) is 0 Å². The largest absolute Gasteiger partial charge is 0.455 e. The molecule has 0 bridgehead atoms. The second-order valence-electron chi connectivity index (χ2n) is 17.2. The second-order valence-corrected chi connectivity index (χ2v) is 17.2. The highest BCUT2D eigenvalue weighted by molar-refractivity contribution is 6.26. The first-order valence-corrected chi connectivity index (χ1v) is 22.7. The van der Waals surface area contributed by atoms with Crippen molar-refractivity contribution in [1.82, 2.24) is 0 Å². The molecule has 0 N–H and O–H groups in total. The Hall–Kier alpha value is -8.72. The lowest BCUT2D eigenvalue weighted by atomic mass is 9.91. The minimum absolute atomic E-state index is 0.859. The van der Waals surface area contributed by atoms with Gasteiger partial charge in [0, 0.05) is 22.2 Å². The maximum Gasteiger partial charge on any atom is 0.145 e. The van der Waals surface area contributed by atoms with E-state index in [4.69, 9.17) is 4.42 Å². The summed E-state index contributed by atoms with van der Waals surface area (Å²) in [4.78, 5) is 2.44. The smallest absolute Gasteiger partial charge is 0.145 e. The van der Waals surface area contributed by atoms with E-state index in [2.05, 4.69) is 254 Å². The third-order valence-corrected chi connectivity index (χ3v) is 13.4. The summed E-state index contributed by atoms with van der Waals surface area (Å²) in [6.07, 6.45) is 0. The average molecular weight is 840 g/mol. The summed E-state index contributed by atoms with van der Waals surface area (Å²) in [5.41, 5.74) is 14.1. The number of benzene rings is 12. The quantitative estimate of drug-likeness (QED) is 0.149. The van der Waals surface area contributed by atoms with Crippen molar-refractivity contribution < 1.29 is 4.42 Å². The van der Waals surface area contributed by atoms with Crippen LogP contribution in [0.2, 0.25) is 0 Å².